The molecule has 0 saturated carbocycles. The first kappa shape index (κ1) is 11.4. The van der Waals surface area contributed by atoms with Crippen LogP contribution in [0.3, 0.4) is 0 Å². The van der Waals surface area contributed by atoms with Crippen LogP contribution in [0.1, 0.15) is 11.1 Å². The molecule has 88 valence electrons. The third-order valence-corrected chi connectivity index (χ3v) is 2.54. The van der Waals surface area contributed by atoms with E-state index in [4.69, 9.17) is 0 Å². The second kappa shape index (κ2) is 4.08. The molecule has 1 aromatic carbocycles. The molecule has 0 radical (unpaired) electrons. The van der Waals surface area contributed by atoms with Gasteiger partial charge in [-0.15, -0.1) is 0 Å². The summed E-state index contributed by atoms with van der Waals surface area (Å²) in [7, 11) is 0. The first-order valence-corrected chi connectivity index (χ1v) is 5.01. The molecule has 1 aromatic heterocycles. The van der Waals surface area contributed by atoms with Crippen LogP contribution in [0.25, 0.3) is 11.3 Å². The molecule has 0 aliphatic rings. The van der Waals surface area contributed by atoms with Crippen molar-refractivity contribution in [3.8, 4) is 11.3 Å². The van der Waals surface area contributed by atoms with E-state index in [9.17, 15) is 13.6 Å². The molecule has 17 heavy (non-hydrogen) atoms. The Morgan fingerprint density at radius 3 is 2.59 bits per heavy atom. The summed E-state index contributed by atoms with van der Waals surface area (Å²) in [6.07, 6.45) is 1.29. The average molecular weight is 236 g/mol. The van der Waals surface area contributed by atoms with Crippen LogP contribution in [-0.4, -0.2) is 9.97 Å². The number of nitrogens with one attached hydrogen (secondary N) is 1. The van der Waals surface area contributed by atoms with E-state index in [1.54, 1.807) is 6.92 Å². The standard InChI is InChI=1S/C12H10F2N2O/c1-6-3-4-8(13)9(10(6)14)11-7(2)5-15-12(17)16-11/h3-5H,1-2H3,(H,15,16,17). The van der Waals surface area contributed by atoms with Crippen molar-refractivity contribution in [2.45, 2.75) is 13.8 Å². The topological polar surface area (TPSA) is 45.8 Å². The van der Waals surface area contributed by atoms with Crippen molar-refractivity contribution in [1.29, 1.82) is 0 Å². The minimum Gasteiger partial charge on any atom is -0.305 e. The summed E-state index contributed by atoms with van der Waals surface area (Å²) < 4.78 is 27.5. The third kappa shape index (κ3) is 1.95. The lowest BCUT2D eigenvalue weighted by Crippen LogP contribution is -2.12. The molecule has 2 rings (SSSR count). The Morgan fingerprint density at radius 1 is 1.18 bits per heavy atom. The van der Waals surface area contributed by atoms with Gasteiger partial charge in [0.25, 0.3) is 0 Å². The second-order valence-electron chi connectivity index (χ2n) is 3.80. The highest BCUT2D eigenvalue weighted by Gasteiger charge is 2.16. The smallest absolute Gasteiger partial charge is 0.305 e. The molecule has 0 aliphatic carbocycles. The number of aromatic amines is 1. The number of aryl methyl sites for hydroxylation is 2. The summed E-state index contributed by atoms with van der Waals surface area (Å²) in [5.41, 5.74) is 0.100. The number of benzene rings is 1. The zero-order valence-corrected chi connectivity index (χ0v) is 9.34. The molecule has 0 aliphatic heterocycles. The van der Waals surface area contributed by atoms with Gasteiger partial charge in [0.1, 0.15) is 11.6 Å². The fourth-order valence-corrected chi connectivity index (χ4v) is 1.60. The Hall–Kier alpha value is -2.04. The molecular weight excluding hydrogens is 226 g/mol. The van der Waals surface area contributed by atoms with Crippen LogP contribution in [0.15, 0.2) is 23.1 Å². The van der Waals surface area contributed by atoms with Crippen LogP contribution < -0.4 is 5.69 Å². The van der Waals surface area contributed by atoms with E-state index in [2.05, 4.69) is 9.97 Å². The van der Waals surface area contributed by atoms with Crippen LogP contribution in [-0.2, 0) is 0 Å². The maximum atomic E-state index is 13.9. The van der Waals surface area contributed by atoms with Crippen LogP contribution in [0.5, 0.6) is 0 Å². The Morgan fingerprint density at radius 2 is 1.88 bits per heavy atom. The monoisotopic (exact) mass is 236 g/mol. The predicted molar refractivity (Wildman–Crippen MR) is 59.7 cm³/mol. The van der Waals surface area contributed by atoms with Gasteiger partial charge in [0.15, 0.2) is 0 Å². The molecular formula is C12H10F2N2O. The molecule has 1 N–H and O–H groups in total. The maximum absolute atomic E-state index is 13.9. The highest BCUT2D eigenvalue weighted by Crippen LogP contribution is 2.27. The van der Waals surface area contributed by atoms with Crippen molar-refractivity contribution < 1.29 is 8.78 Å². The molecule has 1 heterocycles. The van der Waals surface area contributed by atoms with Crippen molar-refractivity contribution in [3.05, 3.63) is 51.6 Å². The molecule has 0 fully saturated rings. The Labute approximate surface area is 96.2 Å². The van der Waals surface area contributed by atoms with Crippen molar-refractivity contribution in [2.75, 3.05) is 0 Å². The van der Waals surface area contributed by atoms with E-state index in [1.807, 2.05) is 0 Å². The molecule has 3 nitrogen and oxygen atoms in total. The van der Waals surface area contributed by atoms with Gasteiger partial charge in [-0.1, -0.05) is 6.07 Å². The van der Waals surface area contributed by atoms with Gasteiger partial charge < -0.3 is 4.98 Å². The van der Waals surface area contributed by atoms with Crippen LogP contribution in [0.4, 0.5) is 8.78 Å². The zero-order chi connectivity index (χ0) is 12.6. The second-order valence-corrected chi connectivity index (χ2v) is 3.80. The molecule has 2 aromatic rings. The lowest BCUT2D eigenvalue weighted by Gasteiger charge is -2.09. The van der Waals surface area contributed by atoms with Gasteiger partial charge in [-0.25, -0.2) is 18.6 Å². The quantitative estimate of drug-likeness (QED) is 0.826. The Balaban J connectivity index is 2.81. The number of rotatable bonds is 1. The molecule has 0 bridgehead atoms. The van der Waals surface area contributed by atoms with Gasteiger partial charge in [-0.05, 0) is 31.0 Å². The first-order chi connectivity index (χ1) is 8.00. The van der Waals surface area contributed by atoms with E-state index in [0.29, 0.717) is 11.1 Å². The summed E-state index contributed by atoms with van der Waals surface area (Å²) in [6.45, 7) is 3.16. The maximum Gasteiger partial charge on any atom is 0.345 e. The average Bonchev–Trinajstić information content (AvgIpc) is 2.29. The minimum absolute atomic E-state index is 0.128. The third-order valence-electron chi connectivity index (χ3n) is 2.54. The van der Waals surface area contributed by atoms with Gasteiger partial charge >= 0.3 is 5.69 Å². The Bertz CT molecular complexity index is 635. The van der Waals surface area contributed by atoms with E-state index in [0.717, 1.165) is 0 Å². The van der Waals surface area contributed by atoms with E-state index < -0.39 is 17.3 Å². The Kier molecular flexibility index (Phi) is 2.75. The molecule has 0 amide bonds. The van der Waals surface area contributed by atoms with Gasteiger partial charge in [-0.2, -0.15) is 0 Å². The van der Waals surface area contributed by atoms with E-state index in [-0.39, 0.29) is 11.3 Å². The number of H-pyrrole nitrogens is 1. The molecule has 0 spiro atoms. The zero-order valence-electron chi connectivity index (χ0n) is 9.34. The van der Waals surface area contributed by atoms with Gasteiger partial charge in [0.05, 0.1) is 11.3 Å². The van der Waals surface area contributed by atoms with Crippen molar-refractivity contribution in [1.82, 2.24) is 9.97 Å². The first-order valence-electron chi connectivity index (χ1n) is 5.01. The van der Waals surface area contributed by atoms with Crippen molar-refractivity contribution in [3.63, 3.8) is 0 Å². The lowest BCUT2D eigenvalue weighted by atomic mass is 10.0. The summed E-state index contributed by atoms with van der Waals surface area (Å²) in [4.78, 5) is 17.0. The number of nitrogens with zero attached hydrogens (tertiary/aromatic N) is 1. The van der Waals surface area contributed by atoms with E-state index in [1.165, 1.54) is 25.3 Å². The molecule has 0 saturated heterocycles. The van der Waals surface area contributed by atoms with Crippen molar-refractivity contribution >= 4 is 0 Å². The number of hydrogen-bond acceptors (Lipinski definition) is 2. The number of aromatic nitrogens is 2. The number of halogens is 2. The van der Waals surface area contributed by atoms with Crippen LogP contribution in [0.2, 0.25) is 0 Å². The molecule has 5 heteroatoms. The highest BCUT2D eigenvalue weighted by molar-refractivity contribution is 5.64. The largest absolute Gasteiger partial charge is 0.345 e. The lowest BCUT2D eigenvalue weighted by molar-refractivity contribution is 0.582. The fourth-order valence-electron chi connectivity index (χ4n) is 1.60. The number of hydrogen-bond donors (Lipinski definition) is 1. The summed E-state index contributed by atoms with van der Waals surface area (Å²) in [6, 6.07) is 2.52. The highest BCUT2D eigenvalue weighted by atomic mass is 19.1. The SMILES string of the molecule is Cc1cnc(=O)[nH]c1-c1c(F)ccc(C)c1F. The molecule has 0 atom stereocenters. The van der Waals surface area contributed by atoms with Gasteiger partial charge in [-0.3, -0.25) is 0 Å². The predicted octanol–water partition coefficient (Wildman–Crippen LogP) is 2.33. The van der Waals surface area contributed by atoms with Gasteiger partial charge in [0, 0.05) is 6.20 Å². The fraction of sp³-hybridized carbons (Fsp3) is 0.167. The van der Waals surface area contributed by atoms with Crippen LogP contribution in [0, 0.1) is 25.5 Å². The van der Waals surface area contributed by atoms with Crippen molar-refractivity contribution in [2.24, 2.45) is 0 Å². The normalized spacial score (nSPS) is 10.6. The minimum atomic E-state index is -0.710. The summed E-state index contributed by atoms with van der Waals surface area (Å²) in [5.74, 6) is -1.38. The van der Waals surface area contributed by atoms with Gasteiger partial charge in [0.2, 0.25) is 0 Å². The summed E-state index contributed by atoms with van der Waals surface area (Å²) in [5, 5.41) is 0. The van der Waals surface area contributed by atoms with Crippen LogP contribution >= 0.6 is 0 Å². The molecule has 0 unspecified atom stereocenters. The summed E-state index contributed by atoms with van der Waals surface area (Å²) >= 11 is 0. The van der Waals surface area contributed by atoms with E-state index >= 15 is 0 Å².